The highest BCUT2D eigenvalue weighted by Crippen LogP contribution is 2.40. The molecule has 0 aliphatic rings. The fourth-order valence-corrected chi connectivity index (χ4v) is 4.78. The predicted octanol–water partition coefficient (Wildman–Crippen LogP) is 5.55. The largest absolute Gasteiger partial charge is 0.215 e. The second-order valence-electron chi connectivity index (χ2n) is 7.14. The molecular formula is C25H20N4S. The molecule has 4 nitrogen and oxygen atoms in total. The number of tetrazole rings is 1. The summed E-state index contributed by atoms with van der Waals surface area (Å²) >= 11 is 1.64. The maximum atomic E-state index is 4.92. The molecule has 0 N–H and O–H groups in total. The monoisotopic (exact) mass is 408 g/mol. The van der Waals surface area contributed by atoms with E-state index in [-0.39, 0.29) is 0 Å². The van der Waals surface area contributed by atoms with Crippen LogP contribution in [-0.2, 0) is 5.54 Å². The summed E-state index contributed by atoms with van der Waals surface area (Å²) in [5.74, 6) is 0.648. The first kappa shape index (κ1) is 18.5. The van der Waals surface area contributed by atoms with Gasteiger partial charge in [0, 0.05) is 0 Å². The van der Waals surface area contributed by atoms with Crippen molar-refractivity contribution in [3.8, 4) is 10.7 Å². The fraction of sp³-hybridized carbons (Fsp3) is 0.0800. The van der Waals surface area contributed by atoms with Gasteiger partial charge >= 0.3 is 0 Å². The van der Waals surface area contributed by atoms with Gasteiger partial charge < -0.3 is 0 Å². The van der Waals surface area contributed by atoms with E-state index < -0.39 is 5.54 Å². The minimum absolute atomic E-state index is 0.648. The lowest BCUT2D eigenvalue weighted by Gasteiger charge is -2.34. The summed E-state index contributed by atoms with van der Waals surface area (Å²) in [6.07, 6.45) is 0. The lowest BCUT2D eigenvalue weighted by molar-refractivity contribution is 0.396. The predicted molar refractivity (Wildman–Crippen MR) is 120 cm³/mol. The lowest BCUT2D eigenvalue weighted by Crippen LogP contribution is -2.39. The van der Waals surface area contributed by atoms with Crippen molar-refractivity contribution in [2.24, 2.45) is 0 Å². The van der Waals surface area contributed by atoms with Crippen molar-refractivity contribution in [2.45, 2.75) is 12.5 Å². The first-order valence-electron chi connectivity index (χ1n) is 9.81. The van der Waals surface area contributed by atoms with Gasteiger partial charge in [-0.1, -0.05) is 91.0 Å². The van der Waals surface area contributed by atoms with E-state index >= 15 is 0 Å². The summed E-state index contributed by atoms with van der Waals surface area (Å²) in [6.45, 7) is 2.07. The molecule has 0 amide bonds. The fourth-order valence-electron chi connectivity index (χ4n) is 3.93. The van der Waals surface area contributed by atoms with E-state index in [2.05, 4.69) is 101 Å². The summed E-state index contributed by atoms with van der Waals surface area (Å²) in [5.41, 5.74) is 3.65. The molecule has 0 unspecified atom stereocenters. The molecule has 2 heterocycles. The van der Waals surface area contributed by atoms with Crippen LogP contribution in [0.1, 0.15) is 22.3 Å². The smallest absolute Gasteiger partial charge is 0.144 e. The van der Waals surface area contributed by atoms with Crippen LogP contribution in [-0.4, -0.2) is 20.2 Å². The number of benzene rings is 3. The van der Waals surface area contributed by atoms with Crippen LogP contribution in [0, 0.1) is 6.92 Å². The van der Waals surface area contributed by atoms with Crippen LogP contribution >= 0.6 is 11.3 Å². The molecular weight excluding hydrogens is 388 g/mol. The minimum atomic E-state index is -0.736. The number of aryl methyl sites for hydroxylation is 1. The van der Waals surface area contributed by atoms with E-state index in [4.69, 9.17) is 5.10 Å². The highest BCUT2D eigenvalue weighted by Gasteiger charge is 2.41. The number of nitrogens with zero attached hydrogens (tertiary/aromatic N) is 4. The molecule has 146 valence electrons. The Kier molecular flexibility index (Phi) is 4.73. The number of hydrogen-bond acceptors (Lipinski definition) is 4. The van der Waals surface area contributed by atoms with Gasteiger partial charge in [0.15, 0.2) is 5.54 Å². The van der Waals surface area contributed by atoms with Gasteiger partial charge in [-0.2, -0.15) is 0 Å². The van der Waals surface area contributed by atoms with E-state index in [0.29, 0.717) is 5.82 Å². The molecule has 0 radical (unpaired) electrons. The Hall–Kier alpha value is -3.57. The molecule has 0 fully saturated rings. The minimum Gasteiger partial charge on any atom is -0.144 e. The summed E-state index contributed by atoms with van der Waals surface area (Å²) in [5, 5.41) is 16.0. The van der Waals surface area contributed by atoms with Crippen molar-refractivity contribution >= 4 is 11.3 Å². The molecule has 30 heavy (non-hydrogen) atoms. The van der Waals surface area contributed by atoms with Crippen LogP contribution < -0.4 is 0 Å². The third-order valence-corrected chi connectivity index (χ3v) is 6.37. The van der Waals surface area contributed by atoms with E-state index in [1.165, 1.54) is 0 Å². The van der Waals surface area contributed by atoms with Gasteiger partial charge in [-0.15, -0.1) is 26.3 Å². The third-order valence-electron chi connectivity index (χ3n) is 5.35. The summed E-state index contributed by atoms with van der Waals surface area (Å²) in [7, 11) is 0. The zero-order valence-corrected chi connectivity index (χ0v) is 17.3. The Labute approximate surface area is 179 Å². The van der Waals surface area contributed by atoms with Crippen molar-refractivity contribution in [2.75, 3.05) is 0 Å². The van der Waals surface area contributed by atoms with Gasteiger partial charge in [-0.25, -0.2) is 0 Å². The molecule has 0 atom stereocenters. The molecule has 0 aliphatic carbocycles. The molecule has 5 rings (SSSR count). The van der Waals surface area contributed by atoms with Crippen molar-refractivity contribution in [3.63, 3.8) is 0 Å². The number of aromatic nitrogens is 4. The highest BCUT2D eigenvalue weighted by atomic mass is 32.1. The Morgan fingerprint density at radius 2 is 1.20 bits per heavy atom. The summed E-state index contributed by atoms with van der Waals surface area (Å²) in [6, 6.07) is 33.2. The maximum Gasteiger partial charge on any atom is 0.215 e. The van der Waals surface area contributed by atoms with Gasteiger partial charge in [0.2, 0.25) is 5.82 Å². The zero-order chi connectivity index (χ0) is 20.4. The van der Waals surface area contributed by atoms with Gasteiger partial charge in [0.05, 0.1) is 4.88 Å². The van der Waals surface area contributed by atoms with Crippen molar-refractivity contribution in [1.29, 1.82) is 0 Å². The molecule has 0 aliphatic heterocycles. The number of thiophene rings is 1. The SMILES string of the molecule is Cc1ccsc1-c1nnn(C(c2ccccc2)(c2ccccc2)c2ccccc2)n1. The van der Waals surface area contributed by atoms with Gasteiger partial charge in [-0.3, -0.25) is 0 Å². The lowest BCUT2D eigenvalue weighted by atomic mass is 9.77. The Morgan fingerprint density at radius 1 is 0.700 bits per heavy atom. The van der Waals surface area contributed by atoms with Crippen LogP contribution in [0.3, 0.4) is 0 Å². The topological polar surface area (TPSA) is 43.6 Å². The quantitative estimate of drug-likeness (QED) is 0.358. The van der Waals surface area contributed by atoms with Gasteiger partial charge in [0.1, 0.15) is 0 Å². The first-order valence-corrected chi connectivity index (χ1v) is 10.7. The Morgan fingerprint density at radius 3 is 1.63 bits per heavy atom. The molecule has 3 aromatic carbocycles. The Bertz CT molecular complexity index is 1150. The highest BCUT2D eigenvalue weighted by molar-refractivity contribution is 7.13. The van der Waals surface area contributed by atoms with Crippen LogP contribution in [0.2, 0.25) is 0 Å². The zero-order valence-electron chi connectivity index (χ0n) is 16.5. The van der Waals surface area contributed by atoms with Crippen LogP contribution in [0.5, 0.6) is 0 Å². The van der Waals surface area contributed by atoms with E-state index in [1.54, 1.807) is 16.1 Å². The molecule has 0 spiro atoms. The second-order valence-corrected chi connectivity index (χ2v) is 8.06. The molecule has 2 aromatic heterocycles. The molecule has 0 bridgehead atoms. The van der Waals surface area contributed by atoms with E-state index in [9.17, 15) is 0 Å². The van der Waals surface area contributed by atoms with E-state index in [1.807, 2.05) is 18.2 Å². The summed E-state index contributed by atoms with van der Waals surface area (Å²) < 4.78 is 0. The molecule has 5 heteroatoms. The van der Waals surface area contributed by atoms with Crippen molar-refractivity contribution in [3.05, 3.63) is 125 Å². The van der Waals surface area contributed by atoms with Crippen molar-refractivity contribution < 1.29 is 0 Å². The second kappa shape index (κ2) is 7.69. The number of rotatable bonds is 5. The maximum absolute atomic E-state index is 4.92. The van der Waals surface area contributed by atoms with Crippen LogP contribution in [0.25, 0.3) is 10.7 Å². The average Bonchev–Trinajstić information content (AvgIpc) is 3.46. The van der Waals surface area contributed by atoms with Crippen LogP contribution in [0.4, 0.5) is 0 Å². The Balaban J connectivity index is 1.83. The van der Waals surface area contributed by atoms with Crippen molar-refractivity contribution in [1.82, 2.24) is 20.2 Å². The average molecular weight is 409 g/mol. The first-order chi connectivity index (χ1) is 14.8. The molecule has 0 saturated heterocycles. The standard InChI is InChI=1S/C25H20N4S/c1-19-17-18-30-23(19)24-26-28-29(27-24)25(20-11-5-2-6-12-20,21-13-7-3-8-14-21)22-15-9-4-10-16-22/h2-18H,1H3. The molecule has 0 saturated carbocycles. The van der Waals surface area contributed by atoms with E-state index in [0.717, 1.165) is 27.1 Å². The van der Waals surface area contributed by atoms with Gasteiger partial charge in [0.25, 0.3) is 0 Å². The summed E-state index contributed by atoms with van der Waals surface area (Å²) in [4.78, 5) is 2.81. The third kappa shape index (κ3) is 2.95. The van der Waals surface area contributed by atoms with Gasteiger partial charge in [-0.05, 0) is 45.8 Å². The number of hydrogen-bond donors (Lipinski definition) is 0. The normalized spacial score (nSPS) is 11.5. The molecule has 5 aromatic rings. The van der Waals surface area contributed by atoms with Crippen LogP contribution in [0.15, 0.2) is 102 Å².